The number of alkyl halides is 2. The number of ether oxygens (including phenoxy) is 2. The summed E-state index contributed by atoms with van der Waals surface area (Å²) in [5, 5.41) is 9.39. The van der Waals surface area contributed by atoms with Crippen molar-refractivity contribution in [2.45, 2.75) is 47.5 Å². The first-order valence-corrected chi connectivity index (χ1v) is 9.21. The molecule has 5 nitrogen and oxygen atoms in total. The molecular weight excluding hydrogens is 378 g/mol. The predicted octanol–water partition coefficient (Wildman–Crippen LogP) is 5.01. The molecular formula is C22H24F2N2O3. The van der Waals surface area contributed by atoms with Gasteiger partial charge in [0, 0.05) is 23.5 Å². The van der Waals surface area contributed by atoms with Crippen LogP contribution in [0.1, 0.15) is 36.4 Å². The van der Waals surface area contributed by atoms with E-state index in [2.05, 4.69) is 23.2 Å². The van der Waals surface area contributed by atoms with E-state index in [0.717, 1.165) is 23.5 Å². The lowest BCUT2D eigenvalue weighted by Crippen LogP contribution is -2.09. The highest BCUT2D eigenvalue weighted by Crippen LogP contribution is 2.23. The Bertz CT molecular complexity index is 940. The van der Waals surface area contributed by atoms with Gasteiger partial charge in [-0.3, -0.25) is 0 Å². The summed E-state index contributed by atoms with van der Waals surface area (Å²) >= 11 is 0. The molecule has 1 aromatic carbocycles. The van der Waals surface area contributed by atoms with Gasteiger partial charge in [-0.2, -0.15) is 14.0 Å². The molecule has 0 saturated carbocycles. The minimum absolute atomic E-state index is 0.0741. The van der Waals surface area contributed by atoms with Gasteiger partial charge < -0.3 is 14.0 Å². The van der Waals surface area contributed by atoms with Gasteiger partial charge in [-0.05, 0) is 43.5 Å². The number of aryl methyl sites for hydroxylation is 1. The number of nitrogens with zero attached hydrogens (tertiary/aromatic N) is 2. The average molecular weight is 402 g/mol. The van der Waals surface area contributed by atoms with Gasteiger partial charge >= 0.3 is 12.6 Å². The lowest BCUT2D eigenvalue weighted by Gasteiger charge is -2.12. The van der Waals surface area contributed by atoms with Crippen molar-refractivity contribution >= 4 is 12.0 Å². The second kappa shape index (κ2) is 9.87. The zero-order valence-electron chi connectivity index (χ0n) is 16.9. The first kappa shape index (κ1) is 22.2. The summed E-state index contributed by atoms with van der Waals surface area (Å²) in [4.78, 5) is 12.4. The first-order chi connectivity index (χ1) is 13.7. The van der Waals surface area contributed by atoms with Crippen molar-refractivity contribution in [1.82, 2.24) is 4.57 Å². The Hall–Kier alpha value is -3.14. The average Bonchev–Trinajstić information content (AvgIpc) is 2.91. The number of benzene rings is 1. The van der Waals surface area contributed by atoms with Crippen molar-refractivity contribution in [3.8, 4) is 11.8 Å². The fourth-order valence-corrected chi connectivity index (χ4v) is 2.97. The molecule has 0 amide bonds. The molecule has 1 heterocycles. The van der Waals surface area contributed by atoms with Crippen LogP contribution in [0.25, 0.3) is 6.08 Å². The molecule has 0 aliphatic carbocycles. The molecule has 0 N–H and O–H groups in total. The molecule has 7 heteroatoms. The van der Waals surface area contributed by atoms with E-state index in [1.54, 1.807) is 6.07 Å². The van der Waals surface area contributed by atoms with Crippen LogP contribution in [-0.2, 0) is 22.7 Å². The molecule has 0 unspecified atom stereocenters. The van der Waals surface area contributed by atoms with E-state index in [4.69, 9.17) is 4.74 Å². The number of hydrogen-bond donors (Lipinski definition) is 0. The fourth-order valence-electron chi connectivity index (χ4n) is 2.97. The number of carbonyl (C=O) groups excluding carboxylic acids is 1. The van der Waals surface area contributed by atoms with Crippen LogP contribution in [0.4, 0.5) is 8.78 Å². The summed E-state index contributed by atoms with van der Waals surface area (Å²) in [6, 6.07) is 9.80. The lowest BCUT2D eigenvalue weighted by molar-refractivity contribution is -0.139. The Kier molecular flexibility index (Phi) is 7.54. The summed E-state index contributed by atoms with van der Waals surface area (Å²) in [6.45, 7) is 5.69. The van der Waals surface area contributed by atoms with Crippen molar-refractivity contribution in [2.24, 2.45) is 5.92 Å². The molecule has 0 saturated heterocycles. The van der Waals surface area contributed by atoms with Crippen molar-refractivity contribution in [3.63, 3.8) is 0 Å². The maximum Gasteiger partial charge on any atom is 0.387 e. The van der Waals surface area contributed by atoms with Crippen LogP contribution >= 0.6 is 0 Å². The van der Waals surface area contributed by atoms with Gasteiger partial charge in [-0.1, -0.05) is 32.0 Å². The lowest BCUT2D eigenvalue weighted by atomic mass is 10.1. The van der Waals surface area contributed by atoms with Crippen molar-refractivity contribution in [1.29, 1.82) is 5.26 Å². The van der Waals surface area contributed by atoms with Gasteiger partial charge in [-0.15, -0.1) is 0 Å². The van der Waals surface area contributed by atoms with E-state index in [1.807, 2.05) is 26.0 Å². The maximum absolute atomic E-state index is 12.5. The highest BCUT2D eigenvalue weighted by Gasteiger charge is 2.16. The van der Waals surface area contributed by atoms with Gasteiger partial charge in [0.2, 0.25) is 0 Å². The minimum atomic E-state index is -2.98. The van der Waals surface area contributed by atoms with Crippen molar-refractivity contribution < 1.29 is 23.0 Å². The molecule has 0 aliphatic rings. The number of hydrogen-bond acceptors (Lipinski definition) is 4. The third-order valence-electron chi connectivity index (χ3n) is 4.35. The zero-order valence-corrected chi connectivity index (χ0v) is 16.9. The Morgan fingerprint density at radius 1 is 1.28 bits per heavy atom. The minimum Gasteiger partial charge on any atom is -0.457 e. The molecule has 0 bridgehead atoms. The zero-order chi connectivity index (χ0) is 21.6. The van der Waals surface area contributed by atoms with Gasteiger partial charge in [0.15, 0.2) is 0 Å². The number of aromatic nitrogens is 1. The number of halogens is 2. The molecule has 0 fully saturated rings. The summed E-state index contributed by atoms with van der Waals surface area (Å²) < 4.78 is 36.7. The second-order valence-corrected chi connectivity index (χ2v) is 7.06. The first-order valence-electron chi connectivity index (χ1n) is 9.21. The molecule has 1 aromatic heterocycles. The highest BCUT2D eigenvalue weighted by molar-refractivity contribution is 5.98. The van der Waals surface area contributed by atoms with Crippen LogP contribution < -0.4 is 4.74 Å². The van der Waals surface area contributed by atoms with E-state index in [1.165, 1.54) is 24.3 Å². The van der Waals surface area contributed by atoms with E-state index in [0.29, 0.717) is 5.92 Å². The van der Waals surface area contributed by atoms with Crippen molar-refractivity contribution in [3.05, 3.63) is 58.4 Å². The Labute approximate surface area is 169 Å². The SMILES string of the molecule is Cc1cc(/C=C(\C#N)C(=O)OCc2ccccc2OC(F)F)c(C)n1CC(C)C. The normalized spacial score (nSPS) is 11.6. The van der Waals surface area contributed by atoms with E-state index >= 15 is 0 Å². The maximum atomic E-state index is 12.5. The molecule has 0 atom stereocenters. The molecule has 29 heavy (non-hydrogen) atoms. The van der Waals surface area contributed by atoms with Crippen LogP contribution in [0.5, 0.6) is 5.75 Å². The molecule has 154 valence electrons. The van der Waals surface area contributed by atoms with Crippen LogP contribution in [-0.4, -0.2) is 17.1 Å². The summed E-state index contributed by atoms with van der Waals surface area (Å²) in [6.07, 6.45) is 1.49. The van der Waals surface area contributed by atoms with Crippen molar-refractivity contribution in [2.75, 3.05) is 0 Å². The monoisotopic (exact) mass is 402 g/mol. The molecule has 2 rings (SSSR count). The van der Waals surface area contributed by atoms with Gasteiger partial charge in [0.05, 0.1) is 0 Å². The quantitative estimate of drug-likeness (QED) is 0.354. The molecule has 0 radical (unpaired) electrons. The van der Waals surface area contributed by atoms with Crippen LogP contribution in [0.15, 0.2) is 35.9 Å². The smallest absolute Gasteiger partial charge is 0.387 e. The number of nitriles is 1. The standard InChI is InChI=1S/C22H24F2N2O3/c1-14(2)12-26-15(3)9-18(16(26)4)10-19(11-25)21(27)28-13-17-7-5-6-8-20(17)29-22(23)24/h5-10,14,22H,12-13H2,1-4H3/b19-10+. The van der Waals surface area contributed by atoms with Gasteiger partial charge in [-0.25, -0.2) is 4.79 Å². The Morgan fingerprint density at radius 2 is 1.97 bits per heavy atom. The second-order valence-electron chi connectivity index (χ2n) is 7.06. The number of esters is 1. The summed E-state index contributed by atoms with van der Waals surface area (Å²) in [5.74, 6) is -0.449. The number of carbonyl (C=O) groups is 1. The third kappa shape index (κ3) is 5.92. The van der Waals surface area contributed by atoms with Gasteiger partial charge in [0.25, 0.3) is 0 Å². The van der Waals surface area contributed by atoms with E-state index in [-0.39, 0.29) is 23.5 Å². The third-order valence-corrected chi connectivity index (χ3v) is 4.35. The summed E-state index contributed by atoms with van der Waals surface area (Å²) in [7, 11) is 0. The Balaban J connectivity index is 2.17. The molecule has 2 aromatic rings. The number of para-hydroxylation sites is 1. The van der Waals surface area contributed by atoms with Gasteiger partial charge in [0.1, 0.15) is 24.0 Å². The highest BCUT2D eigenvalue weighted by atomic mass is 19.3. The van der Waals surface area contributed by atoms with E-state index < -0.39 is 12.6 Å². The van der Waals surface area contributed by atoms with Crippen LogP contribution in [0, 0.1) is 31.1 Å². The molecule has 0 aliphatic heterocycles. The van der Waals surface area contributed by atoms with Crippen LogP contribution in [0.3, 0.4) is 0 Å². The topological polar surface area (TPSA) is 64.2 Å². The molecule has 0 spiro atoms. The number of rotatable bonds is 8. The Morgan fingerprint density at radius 3 is 2.59 bits per heavy atom. The summed E-state index contributed by atoms with van der Waals surface area (Å²) in [5.41, 5.74) is 2.87. The predicted molar refractivity (Wildman–Crippen MR) is 105 cm³/mol. The van der Waals surface area contributed by atoms with E-state index in [9.17, 15) is 18.8 Å². The largest absolute Gasteiger partial charge is 0.457 e. The fraction of sp³-hybridized carbons (Fsp3) is 0.364. The van der Waals surface area contributed by atoms with Crippen LogP contribution in [0.2, 0.25) is 0 Å².